The first-order valence-electron chi connectivity index (χ1n) is 18.7. The number of aliphatic hydroxyl groups is 3. The number of aliphatic hydroxyl groups excluding tert-OH is 3. The van der Waals surface area contributed by atoms with E-state index in [1.54, 1.807) is 0 Å². The second-order valence-corrected chi connectivity index (χ2v) is 14.6. The van der Waals surface area contributed by atoms with E-state index < -0.39 is 152 Å². The zero-order chi connectivity index (χ0) is 43.6. The maximum atomic E-state index is 13.9. The van der Waals surface area contributed by atoms with E-state index in [1.165, 1.54) is 20.8 Å². The van der Waals surface area contributed by atoms with E-state index >= 15 is 0 Å². The second-order valence-electron chi connectivity index (χ2n) is 14.6. The van der Waals surface area contributed by atoms with E-state index in [0.29, 0.717) is 0 Å². The zero-order valence-electron chi connectivity index (χ0n) is 32.4. The molecule has 0 saturated carbocycles. The van der Waals surface area contributed by atoms with Crippen LogP contribution in [0.25, 0.3) is 0 Å². The molecular weight excluding hydrogens is 778 g/mol. The van der Waals surface area contributed by atoms with Gasteiger partial charge in [-0.3, -0.25) is 33.6 Å². The number of carboxylic acids is 2. The van der Waals surface area contributed by atoms with Crippen molar-refractivity contribution in [1.29, 1.82) is 0 Å². The van der Waals surface area contributed by atoms with Gasteiger partial charge in [0.05, 0.1) is 25.4 Å². The number of hydrogen-bond acceptors (Lipinski definition) is 16. The van der Waals surface area contributed by atoms with Gasteiger partial charge in [0.15, 0.2) is 12.6 Å². The molecular formula is C34H55N7O17. The molecule has 6 amide bonds. The van der Waals surface area contributed by atoms with E-state index in [9.17, 15) is 58.8 Å². The highest BCUT2D eigenvalue weighted by molar-refractivity contribution is 5.93. The quantitative estimate of drug-likeness (QED) is 0.0512. The van der Waals surface area contributed by atoms with Crippen molar-refractivity contribution in [3.8, 4) is 0 Å². The molecule has 3 aliphatic heterocycles. The van der Waals surface area contributed by atoms with Gasteiger partial charge in [0, 0.05) is 32.1 Å². The van der Waals surface area contributed by atoms with Gasteiger partial charge in [-0.2, -0.15) is 0 Å². The maximum Gasteiger partial charge on any atom is 0.326 e. The molecule has 0 aliphatic carbocycles. The SMILES string of the molecule is CC(=O)N[C@H]1[C@H](O[C@H]2[C@H](C(C)C(=O)N[C@@H](C)C(=O)N[C@H](CCC(N)=O)C(=O)NC(CCCC(N)C(=O)O)C(=O)O)[C@@H](NC(C)=O)[C@@H]3OC[C@H]2O3)O[C@H](CO)[C@@H](O)[C@@H]1O. The summed E-state index contributed by atoms with van der Waals surface area (Å²) in [5.74, 6) is -9.60. The zero-order valence-corrected chi connectivity index (χ0v) is 32.4. The number of hydrogen-bond donors (Lipinski definition) is 12. The number of carbonyl (C=O) groups is 8. The predicted octanol–water partition coefficient (Wildman–Crippen LogP) is -5.77. The van der Waals surface area contributed by atoms with E-state index in [2.05, 4.69) is 26.6 Å². The number of fused-ring (bicyclic) bond motifs is 2. The lowest BCUT2D eigenvalue weighted by atomic mass is 9.78. The van der Waals surface area contributed by atoms with E-state index in [0.717, 1.165) is 6.92 Å². The first kappa shape index (κ1) is 47.8. The van der Waals surface area contributed by atoms with E-state index in [1.807, 2.05) is 0 Å². The molecule has 0 aromatic heterocycles. The number of aliphatic carboxylic acids is 2. The third kappa shape index (κ3) is 12.7. The Labute approximate surface area is 332 Å². The molecule has 14 N–H and O–H groups in total. The Balaban J connectivity index is 1.81. The van der Waals surface area contributed by atoms with Gasteiger partial charge in [0.1, 0.15) is 54.6 Å². The molecule has 0 radical (unpaired) electrons. The molecule has 0 aromatic carbocycles. The lowest BCUT2D eigenvalue weighted by Gasteiger charge is -2.48. The van der Waals surface area contributed by atoms with Crippen LogP contribution in [0.15, 0.2) is 0 Å². The number of nitrogens with one attached hydrogen (secondary N) is 5. The van der Waals surface area contributed by atoms with Crippen molar-refractivity contribution in [3.05, 3.63) is 0 Å². The van der Waals surface area contributed by atoms with Crippen molar-refractivity contribution in [3.63, 3.8) is 0 Å². The van der Waals surface area contributed by atoms with Crippen LogP contribution in [0.3, 0.4) is 0 Å². The summed E-state index contributed by atoms with van der Waals surface area (Å²) in [6.45, 7) is 4.27. The molecule has 3 fully saturated rings. The van der Waals surface area contributed by atoms with Crippen LogP contribution in [0.1, 0.15) is 59.8 Å². The highest BCUT2D eigenvalue weighted by Crippen LogP contribution is 2.40. The van der Waals surface area contributed by atoms with Crippen LogP contribution in [-0.2, 0) is 57.3 Å². The monoisotopic (exact) mass is 833 g/mol. The Bertz CT molecular complexity index is 1520. The summed E-state index contributed by atoms with van der Waals surface area (Å²) in [5, 5.41) is 62.1. The number of ether oxygens (including phenoxy) is 4. The average molecular weight is 834 g/mol. The molecule has 58 heavy (non-hydrogen) atoms. The van der Waals surface area contributed by atoms with Gasteiger partial charge in [-0.25, -0.2) is 4.79 Å². The molecule has 3 heterocycles. The van der Waals surface area contributed by atoms with Gasteiger partial charge in [-0.15, -0.1) is 0 Å². The fourth-order valence-corrected chi connectivity index (χ4v) is 6.98. The first-order valence-corrected chi connectivity index (χ1v) is 18.7. The van der Waals surface area contributed by atoms with Gasteiger partial charge in [0.2, 0.25) is 35.4 Å². The summed E-state index contributed by atoms with van der Waals surface area (Å²) in [6.07, 6.45) is -10.4. The predicted molar refractivity (Wildman–Crippen MR) is 192 cm³/mol. The van der Waals surface area contributed by atoms with Crippen LogP contribution in [-0.4, -0.2) is 165 Å². The fraction of sp³-hybridized carbons (Fsp3) is 0.765. The topological polar surface area (TPSA) is 387 Å². The molecule has 0 spiro atoms. The standard InChI is InChI=1S/C34H55N7O17/c1-12(28(48)37-13(2)29(49)40-17(8-9-21(36)45)30(50)41-18(32(53)54)7-5-6-16(35)31(51)52)22-23(38-14(3)43)33-55-11-20(57-33)27(22)58-34-24(39-15(4)44)26(47)25(46)19(10-42)56-34/h12-13,16-20,22-27,33-34,42,46-47H,5-11,35H2,1-4H3,(H2,36,45)(H,37,48)(H,38,43)(H,39,44)(H,40,49)(H,41,50)(H,51,52)(H,53,54)/t12?,13-,16?,17+,18?,19+,20+,22+,23+,24+,25+,26+,27+,33+,34-/m0/s1. The Kier molecular flexibility index (Phi) is 17.7. The number of carboxylic acid groups (broad SMARTS) is 2. The lowest BCUT2D eigenvalue weighted by Crippen LogP contribution is -2.67. The average Bonchev–Trinajstić information content (AvgIpc) is 3.58. The number of amides is 6. The summed E-state index contributed by atoms with van der Waals surface area (Å²) in [4.78, 5) is 99.5. The van der Waals surface area contributed by atoms with E-state index in [-0.39, 0.29) is 32.3 Å². The normalized spacial score (nSPS) is 30.3. The van der Waals surface area contributed by atoms with Gasteiger partial charge in [-0.1, -0.05) is 6.92 Å². The van der Waals surface area contributed by atoms with Gasteiger partial charge >= 0.3 is 11.9 Å². The number of primary amides is 1. The minimum Gasteiger partial charge on any atom is -0.480 e. The second kappa shape index (κ2) is 21.4. The Hall–Kier alpha value is -4.56. The Morgan fingerprint density at radius 2 is 1.41 bits per heavy atom. The number of carbonyl (C=O) groups excluding carboxylic acids is 6. The highest BCUT2D eigenvalue weighted by Gasteiger charge is 2.57. The summed E-state index contributed by atoms with van der Waals surface area (Å²) >= 11 is 0. The third-order valence-corrected chi connectivity index (χ3v) is 10.1. The van der Waals surface area contributed by atoms with Crippen LogP contribution in [0.5, 0.6) is 0 Å². The Morgan fingerprint density at radius 3 is 1.98 bits per heavy atom. The lowest BCUT2D eigenvalue weighted by molar-refractivity contribution is -0.305. The van der Waals surface area contributed by atoms with Gasteiger partial charge in [0.25, 0.3) is 0 Å². The molecule has 24 heteroatoms. The van der Waals surface area contributed by atoms with Crippen LogP contribution in [0.4, 0.5) is 0 Å². The number of rotatable bonds is 21. The molecule has 24 nitrogen and oxygen atoms in total. The molecule has 3 unspecified atom stereocenters. The maximum absolute atomic E-state index is 13.9. The van der Waals surface area contributed by atoms with Gasteiger partial charge < -0.3 is 82.5 Å². The van der Waals surface area contributed by atoms with E-state index in [4.69, 9.17) is 35.5 Å². The molecule has 15 atom stereocenters. The molecule has 0 aromatic rings. The van der Waals surface area contributed by atoms with Crippen molar-refractivity contribution in [2.24, 2.45) is 23.3 Å². The van der Waals surface area contributed by atoms with Crippen LogP contribution < -0.4 is 38.1 Å². The third-order valence-electron chi connectivity index (χ3n) is 10.1. The summed E-state index contributed by atoms with van der Waals surface area (Å²) in [5.41, 5.74) is 10.7. The van der Waals surface area contributed by atoms with Crippen LogP contribution in [0.2, 0.25) is 0 Å². The smallest absolute Gasteiger partial charge is 0.326 e. The summed E-state index contributed by atoms with van der Waals surface area (Å²) in [6, 6.07) is -8.07. The van der Waals surface area contributed by atoms with Crippen molar-refractivity contribution in [1.82, 2.24) is 26.6 Å². The largest absolute Gasteiger partial charge is 0.480 e. The fourth-order valence-electron chi connectivity index (χ4n) is 6.98. The minimum atomic E-state index is -1.67. The summed E-state index contributed by atoms with van der Waals surface area (Å²) in [7, 11) is 0. The molecule has 2 bridgehead atoms. The van der Waals surface area contributed by atoms with Crippen LogP contribution in [0, 0.1) is 11.8 Å². The molecule has 3 aliphatic rings. The first-order chi connectivity index (χ1) is 27.2. The van der Waals surface area contributed by atoms with Gasteiger partial charge in [-0.05, 0) is 32.6 Å². The van der Waals surface area contributed by atoms with Crippen LogP contribution >= 0.6 is 0 Å². The molecule has 328 valence electrons. The van der Waals surface area contributed by atoms with Crippen molar-refractivity contribution < 1.29 is 82.8 Å². The minimum absolute atomic E-state index is 0.0114. The highest BCUT2D eigenvalue weighted by atomic mass is 16.8. The van der Waals surface area contributed by atoms with Crippen molar-refractivity contribution in [2.75, 3.05) is 13.2 Å². The number of nitrogens with two attached hydrogens (primary N) is 2. The summed E-state index contributed by atoms with van der Waals surface area (Å²) < 4.78 is 23.8. The molecule has 3 saturated heterocycles. The molecule has 3 rings (SSSR count). The Morgan fingerprint density at radius 1 is 0.793 bits per heavy atom. The van der Waals surface area contributed by atoms with Crippen molar-refractivity contribution >= 4 is 47.4 Å². The van der Waals surface area contributed by atoms with Crippen molar-refractivity contribution in [2.45, 2.75) is 139 Å².